The van der Waals surface area contributed by atoms with Gasteiger partial charge in [-0.3, -0.25) is 4.98 Å². The molecule has 1 unspecified atom stereocenters. The second-order valence-corrected chi connectivity index (χ2v) is 15.0. The molecule has 2 spiro atoms. The fourth-order valence-electron chi connectivity index (χ4n) is 9.12. The third-order valence-corrected chi connectivity index (χ3v) is 12.0. The summed E-state index contributed by atoms with van der Waals surface area (Å²) in [5, 5.41) is 14.2. The maximum Gasteiger partial charge on any atom is 0.159 e. The van der Waals surface area contributed by atoms with E-state index in [2.05, 4.69) is 61.2 Å². The standard InChI is InChI=1S/C37H51N9O3/c1-43-24-36(25-43)11-19-45(20-12-36)28-9-17-44(18-10-28)27-7-5-26(6-8-27)40-34-32(33(38)47)41-31(30-29(48-2)4-3-16-39-30)35(42-34)46-21-13-37(46)14-22-49-23-15-37/h3-8,16,28,33,47H,9-15,17-25,38H2,1-2H3,(H,40,42). The number of likely N-dealkylation sites (tertiary alicyclic amines) is 2. The Kier molecular flexibility index (Phi) is 8.86. The molecule has 5 saturated heterocycles. The number of aliphatic hydroxyl groups excluding tert-OH is 1. The molecule has 262 valence electrons. The Labute approximate surface area is 289 Å². The van der Waals surface area contributed by atoms with Crippen LogP contribution >= 0.6 is 0 Å². The van der Waals surface area contributed by atoms with Gasteiger partial charge in [0.15, 0.2) is 11.6 Å². The second-order valence-electron chi connectivity index (χ2n) is 15.0. The molecule has 7 heterocycles. The summed E-state index contributed by atoms with van der Waals surface area (Å²) in [6.07, 6.45) is 8.42. The summed E-state index contributed by atoms with van der Waals surface area (Å²) in [6, 6.07) is 12.9. The van der Waals surface area contributed by atoms with Gasteiger partial charge in [-0.15, -0.1) is 0 Å². The summed E-state index contributed by atoms with van der Waals surface area (Å²) in [5.41, 5.74) is 10.2. The van der Waals surface area contributed by atoms with Crippen LogP contribution in [0.5, 0.6) is 5.75 Å². The van der Waals surface area contributed by atoms with Gasteiger partial charge in [-0.1, -0.05) is 0 Å². The zero-order chi connectivity index (χ0) is 33.6. The van der Waals surface area contributed by atoms with Crippen molar-refractivity contribution < 1.29 is 14.6 Å². The highest BCUT2D eigenvalue weighted by molar-refractivity contribution is 5.78. The molecule has 4 N–H and O–H groups in total. The molecule has 8 rings (SSSR count). The van der Waals surface area contributed by atoms with E-state index in [1.54, 1.807) is 13.3 Å². The van der Waals surface area contributed by atoms with Crippen molar-refractivity contribution in [2.45, 2.75) is 62.8 Å². The van der Waals surface area contributed by atoms with E-state index in [0.717, 1.165) is 57.8 Å². The number of aliphatic hydroxyl groups is 1. The molecule has 3 aromatic rings. The molecule has 0 amide bonds. The highest BCUT2D eigenvalue weighted by Gasteiger charge is 2.48. The molecule has 1 atom stereocenters. The lowest BCUT2D eigenvalue weighted by Gasteiger charge is -2.55. The second kappa shape index (κ2) is 13.3. The van der Waals surface area contributed by atoms with Crippen LogP contribution in [0.3, 0.4) is 0 Å². The zero-order valence-electron chi connectivity index (χ0n) is 29.0. The van der Waals surface area contributed by atoms with E-state index in [9.17, 15) is 5.11 Å². The number of hydrogen-bond donors (Lipinski definition) is 3. The van der Waals surface area contributed by atoms with E-state index >= 15 is 0 Å². The smallest absolute Gasteiger partial charge is 0.159 e. The van der Waals surface area contributed by atoms with Gasteiger partial charge in [0, 0.05) is 75.1 Å². The Hall–Kier alpha value is -3.55. The average Bonchev–Trinajstić information content (AvgIpc) is 3.12. The van der Waals surface area contributed by atoms with Gasteiger partial charge in [-0.2, -0.15) is 0 Å². The van der Waals surface area contributed by atoms with Crippen LogP contribution in [-0.2, 0) is 4.74 Å². The summed E-state index contributed by atoms with van der Waals surface area (Å²) in [7, 11) is 3.87. The average molecular weight is 670 g/mol. The van der Waals surface area contributed by atoms with Gasteiger partial charge in [-0.05, 0) is 107 Å². The Morgan fingerprint density at radius 3 is 2.31 bits per heavy atom. The van der Waals surface area contributed by atoms with E-state index < -0.39 is 6.23 Å². The quantitative estimate of drug-likeness (QED) is 0.300. The fraction of sp³-hybridized carbons (Fsp3) is 0.595. The lowest BCUT2D eigenvalue weighted by atomic mass is 9.72. The molecule has 1 aromatic carbocycles. The number of aromatic nitrogens is 3. The first-order valence-electron chi connectivity index (χ1n) is 18.1. The maximum absolute atomic E-state index is 10.7. The molecule has 12 nitrogen and oxygen atoms in total. The molecular weight excluding hydrogens is 618 g/mol. The third kappa shape index (κ3) is 6.22. The number of nitrogens with one attached hydrogen (secondary N) is 1. The number of benzene rings is 1. The van der Waals surface area contributed by atoms with Crippen LogP contribution in [0.15, 0.2) is 42.6 Å². The van der Waals surface area contributed by atoms with Crippen LogP contribution in [0, 0.1) is 5.41 Å². The van der Waals surface area contributed by atoms with Gasteiger partial charge < -0.3 is 45.2 Å². The van der Waals surface area contributed by atoms with Crippen LogP contribution in [0.1, 0.15) is 56.9 Å². The van der Waals surface area contributed by atoms with E-state index in [1.807, 2.05) is 12.1 Å². The van der Waals surface area contributed by atoms with Gasteiger partial charge in [0.1, 0.15) is 29.1 Å². The van der Waals surface area contributed by atoms with E-state index in [0.29, 0.717) is 40.2 Å². The number of methoxy groups -OCH3 is 1. The van der Waals surface area contributed by atoms with E-state index in [-0.39, 0.29) is 11.2 Å². The summed E-state index contributed by atoms with van der Waals surface area (Å²) in [4.78, 5) is 24.8. The van der Waals surface area contributed by atoms with E-state index in [4.69, 9.17) is 25.2 Å². The Morgan fingerprint density at radius 2 is 1.67 bits per heavy atom. The highest BCUT2D eigenvalue weighted by atomic mass is 16.5. The number of rotatable bonds is 8. The maximum atomic E-state index is 10.7. The monoisotopic (exact) mass is 669 g/mol. The molecule has 12 heteroatoms. The van der Waals surface area contributed by atoms with Crippen molar-refractivity contribution >= 4 is 23.0 Å². The number of piperidine rings is 2. The van der Waals surface area contributed by atoms with Crippen LogP contribution in [0.4, 0.5) is 23.0 Å². The third-order valence-electron chi connectivity index (χ3n) is 12.0. The van der Waals surface area contributed by atoms with Crippen LogP contribution in [-0.4, -0.2) is 115 Å². The minimum atomic E-state index is -1.34. The van der Waals surface area contributed by atoms with Crippen LogP contribution in [0.2, 0.25) is 0 Å². The number of pyridine rings is 1. The molecular formula is C37H51N9O3. The number of nitrogens with two attached hydrogens (primary N) is 1. The summed E-state index contributed by atoms with van der Waals surface area (Å²) in [5.74, 6) is 1.73. The van der Waals surface area contributed by atoms with Crippen molar-refractivity contribution in [3.8, 4) is 17.1 Å². The number of nitrogens with zero attached hydrogens (tertiary/aromatic N) is 7. The minimum Gasteiger partial charge on any atom is -0.494 e. The molecule has 0 radical (unpaired) electrons. The van der Waals surface area contributed by atoms with Crippen molar-refractivity contribution in [3.05, 3.63) is 48.3 Å². The minimum absolute atomic E-state index is 0.0390. The van der Waals surface area contributed by atoms with Crippen LogP contribution in [0.25, 0.3) is 11.4 Å². The molecule has 2 aromatic heterocycles. The van der Waals surface area contributed by atoms with Crippen molar-refractivity contribution in [1.82, 2.24) is 24.8 Å². The normalized spacial score (nSPS) is 23.3. The lowest BCUT2D eigenvalue weighted by molar-refractivity contribution is -0.0419. The van der Waals surface area contributed by atoms with Gasteiger partial charge in [0.25, 0.3) is 0 Å². The highest BCUT2D eigenvalue weighted by Crippen LogP contribution is 2.47. The van der Waals surface area contributed by atoms with E-state index in [1.165, 1.54) is 57.5 Å². The van der Waals surface area contributed by atoms with Gasteiger partial charge >= 0.3 is 0 Å². The molecule has 0 aliphatic carbocycles. The molecule has 5 aliphatic rings. The summed E-state index contributed by atoms with van der Waals surface area (Å²) >= 11 is 0. The van der Waals surface area contributed by atoms with Crippen molar-refractivity contribution in [1.29, 1.82) is 0 Å². The molecule has 0 saturated carbocycles. The SMILES string of the molecule is COc1cccnc1-c1nc(C(N)O)c(Nc2ccc(N3CCC(N4CCC5(CC4)CN(C)C5)CC3)cc2)nc1N1CCC12CCOCC2. The first kappa shape index (κ1) is 32.6. The summed E-state index contributed by atoms with van der Waals surface area (Å²) in [6.45, 7) is 9.51. The molecule has 5 fully saturated rings. The van der Waals surface area contributed by atoms with Crippen LogP contribution < -0.4 is 25.6 Å². The lowest BCUT2D eigenvalue weighted by Crippen LogP contribution is -2.63. The van der Waals surface area contributed by atoms with Gasteiger partial charge in [-0.25, -0.2) is 9.97 Å². The number of ether oxygens (including phenoxy) is 2. The largest absolute Gasteiger partial charge is 0.494 e. The van der Waals surface area contributed by atoms with Gasteiger partial charge in [0.2, 0.25) is 0 Å². The Balaban J connectivity index is 0.997. The first-order valence-corrected chi connectivity index (χ1v) is 18.1. The number of hydrogen-bond acceptors (Lipinski definition) is 12. The predicted molar refractivity (Wildman–Crippen MR) is 191 cm³/mol. The summed E-state index contributed by atoms with van der Waals surface area (Å²) < 4.78 is 11.4. The molecule has 5 aliphatic heterocycles. The zero-order valence-corrected chi connectivity index (χ0v) is 29.0. The molecule has 0 bridgehead atoms. The topological polar surface area (TPSA) is 128 Å². The fourth-order valence-corrected chi connectivity index (χ4v) is 9.12. The first-order chi connectivity index (χ1) is 23.9. The Bertz CT molecular complexity index is 1610. The van der Waals surface area contributed by atoms with Crippen molar-refractivity contribution in [2.75, 3.05) is 88.3 Å². The van der Waals surface area contributed by atoms with Crippen molar-refractivity contribution in [2.24, 2.45) is 11.1 Å². The van der Waals surface area contributed by atoms with Crippen molar-refractivity contribution in [3.63, 3.8) is 0 Å². The van der Waals surface area contributed by atoms with Gasteiger partial charge in [0.05, 0.1) is 7.11 Å². The molecule has 49 heavy (non-hydrogen) atoms. The number of anilines is 4. The Morgan fingerprint density at radius 1 is 0.939 bits per heavy atom. The predicted octanol–water partition coefficient (Wildman–Crippen LogP) is 4.00.